The SMILES string of the molecule is Nc1ncnc2c1ncn2[C@@H]1O[C@H](CN2CC3(CCNC3)C2)[C@@H](O)[C@H]1O. The average Bonchev–Trinajstić information content (AvgIpc) is 3.29. The van der Waals surface area contributed by atoms with Crippen LogP contribution in [-0.2, 0) is 4.74 Å². The zero-order valence-electron chi connectivity index (χ0n) is 14.3. The van der Waals surface area contributed by atoms with Gasteiger partial charge in [0.1, 0.15) is 30.2 Å². The summed E-state index contributed by atoms with van der Waals surface area (Å²) in [5.41, 5.74) is 7.14. The first kappa shape index (κ1) is 16.3. The second-order valence-corrected chi connectivity index (χ2v) is 7.73. The van der Waals surface area contributed by atoms with E-state index in [1.54, 1.807) is 4.57 Å². The summed E-state index contributed by atoms with van der Waals surface area (Å²) < 4.78 is 7.61. The summed E-state index contributed by atoms with van der Waals surface area (Å²) in [5.74, 6) is 0.273. The second kappa shape index (κ2) is 5.83. The van der Waals surface area contributed by atoms with Gasteiger partial charge in [0, 0.05) is 31.6 Å². The molecule has 5 heterocycles. The van der Waals surface area contributed by atoms with Gasteiger partial charge in [-0.25, -0.2) is 15.0 Å². The molecule has 3 fully saturated rings. The molecular weight excluding hydrogens is 338 g/mol. The highest BCUT2D eigenvalue weighted by Crippen LogP contribution is 2.38. The minimum Gasteiger partial charge on any atom is -0.387 e. The highest BCUT2D eigenvalue weighted by atomic mass is 16.6. The van der Waals surface area contributed by atoms with Crippen LogP contribution in [0.25, 0.3) is 11.2 Å². The van der Waals surface area contributed by atoms with Gasteiger partial charge < -0.3 is 26.0 Å². The molecule has 10 heteroatoms. The number of aliphatic hydroxyl groups is 2. The second-order valence-electron chi connectivity index (χ2n) is 7.73. The normalized spacial score (nSPS) is 33.9. The van der Waals surface area contributed by atoms with Gasteiger partial charge in [0.05, 0.1) is 6.33 Å². The van der Waals surface area contributed by atoms with Crippen molar-refractivity contribution in [2.45, 2.75) is 31.0 Å². The first-order chi connectivity index (χ1) is 12.6. The Balaban J connectivity index is 1.31. The number of nitrogens with zero attached hydrogens (tertiary/aromatic N) is 5. The predicted molar refractivity (Wildman–Crippen MR) is 92.0 cm³/mol. The van der Waals surface area contributed by atoms with Crippen LogP contribution in [0.1, 0.15) is 12.6 Å². The molecule has 2 aromatic rings. The Bertz CT molecular complexity index is 813. The molecular formula is C16H23N7O3. The van der Waals surface area contributed by atoms with Gasteiger partial charge in [-0.15, -0.1) is 0 Å². The van der Waals surface area contributed by atoms with Crippen molar-refractivity contribution in [2.75, 3.05) is 38.5 Å². The number of nitrogens with two attached hydrogens (primary N) is 1. The number of likely N-dealkylation sites (tertiary alicyclic amines) is 1. The molecule has 0 radical (unpaired) electrons. The van der Waals surface area contributed by atoms with E-state index < -0.39 is 24.5 Å². The van der Waals surface area contributed by atoms with E-state index in [2.05, 4.69) is 25.2 Å². The first-order valence-electron chi connectivity index (χ1n) is 8.94. The minimum absolute atomic E-state index is 0.273. The Kier molecular flexibility index (Phi) is 3.66. The van der Waals surface area contributed by atoms with E-state index in [4.69, 9.17) is 10.5 Å². The number of hydrogen-bond donors (Lipinski definition) is 4. The molecule has 4 atom stereocenters. The summed E-state index contributed by atoms with van der Waals surface area (Å²) in [6.45, 7) is 4.75. The number of nitrogens with one attached hydrogen (secondary N) is 1. The number of imidazole rings is 1. The van der Waals surface area contributed by atoms with Crippen molar-refractivity contribution < 1.29 is 14.9 Å². The molecule has 5 rings (SSSR count). The number of anilines is 1. The number of nitrogen functional groups attached to an aromatic ring is 1. The summed E-state index contributed by atoms with van der Waals surface area (Å²) in [5, 5.41) is 24.4. The van der Waals surface area contributed by atoms with E-state index in [1.165, 1.54) is 19.1 Å². The molecule has 5 N–H and O–H groups in total. The largest absolute Gasteiger partial charge is 0.387 e. The van der Waals surface area contributed by atoms with Crippen molar-refractivity contribution in [1.82, 2.24) is 29.7 Å². The summed E-state index contributed by atoms with van der Waals surface area (Å²) >= 11 is 0. The highest BCUT2D eigenvalue weighted by Gasteiger charge is 2.49. The fraction of sp³-hybridized carbons (Fsp3) is 0.688. The van der Waals surface area contributed by atoms with Crippen LogP contribution in [-0.4, -0.2) is 85.7 Å². The number of aromatic nitrogens is 4. The topological polar surface area (TPSA) is 135 Å². The lowest BCUT2D eigenvalue weighted by atomic mass is 9.79. The van der Waals surface area contributed by atoms with Crippen LogP contribution in [0.5, 0.6) is 0 Å². The third-order valence-electron chi connectivity index (χ3n) is 5.89. The van der Waals surface area contributed by atoms with Crippen LogP contribution in [0, 0.1) is 5.41 Å². The van der Waals surface area contributed by atoms with Gasteiger partial charge in [-0.1, -0.05) is 0 Å². The summed E-state index contributed by atoms with van der Waals surface area (Å²) in [4.78, 5) is 14.6. The zero-order valence-corrected chi connectivity index (χ0v) is 14.3. The maximum Gasteiger partial charge on any atom is 0.167 e. The van der Waals surface area contributed by atoms with Gasteiger partial charge in [-0.3, -0.25) is 9.47 Å². The number of ether oxygens (including phenoxy) is 1. The Hall–Kier alpha value is -1.85. The summed E-state index contributed by atoms with van der Waals surface area (Å²) in [7, 11) is 0. The van der Waals surface area contributed by atoms with Crippen LogP contribution in [0.3, 0.4) is 0 Å². The van der Waals surface area contributed by atoms with Gasteiger partial charge in [0.25, 0.3) is 0 Å². The molecule has 0 aliphatic carbocycles. The zero-order chi connectivity index (χ0) is 17.9. The number of aliphatic hydroxyl groups excluding tert-OH is 2. The van der Waals surface area contributed by atoms with Crippen LogP contribution in [0.4, 0.5) is 5.82 Å². The summed E-state index contributed by atoms with van der Waals surface area (Å²) in [6, 6.07) is 0. The Morgan fingerprint density at radius 1 is 1.27 bits per heavy atom. The molecule has 0 amide bonds. The molecule has 3 saturated heterocycles. The number of hydrogen-bond acceptors (Lipinski definition) is 9. The van der Waals surface area contributed by atoms with E-state index in [9.17, 15) is 10.2 Å². The minimum atomic E-state index is -1.06. The molecule has 140 valence electrons. The molecule has 3 aliphatic heterocycles. The van der Waals surface area contributed by atoms with Gasteiger partial charge in [-0.05, 0) is 13.0 Å². The molecule has 0 saturated carbocycles. The van der Waals surface area contributed by atoms with E-state index in [-0.39, 0.29) is 5.82 Å². The molecule has 0 bridgehead atoms. The lowest BCUT2D eigenvalue weighted by molar-refractivity contribution is -0.0716. The third-order valence-corrected chi connectivity index (χ3v) is 5.89. The molecule has 26 heavy (non-hydrogen) atoms. The average molecular weight is 361 g/mol. The Morgan fingerprint density at radius 3 is 2.88 bits per heavy atom. The van der Waals surface area contributed by atoms with Crippen LogP contribution < -0.4 is 11.1 Å². The van der Waals surface area contributed by atoms with Crippen molar-refractivity contribution >= 4 is 17.0 Å². The van der Waals surface area contributed by atoms with E-state index >= 15 is 0 Å². The van der Waals surface area contributed by atoms with Gasteiger partial charge >= 0.3 is 0 Å². The van der Waals surface area contributed by atoms with Crippen LogP contribution in [0.15, 0.2) is 12.7 Å². The lowest BCUT2D eigenvalue weighted by Gasteiger charge is -2.48. The van der Waals surface area contributed by atoms with E-state index in [0.29, 0.717) is 23.1 Å². The number of fused-ring (bicyclic) bond motifs is 1. The van der Waals surface area contributed by atoms with Crippen LogP contribution in [0.2, 0.25) is 0 Å². The lowest BCUT2D eigenvalue weighted by Crippen LogP contribution is -2.59. The molecule has 0 aromatic carbocycles. The fourth-order valence-corrected chi connectivity index (χ4v) is 4.52. The van der Waals surface area contributed by atoms with E-state index in [0.717, 1.165) is 26.2 Å². The van der Waals surface area contributed by atoms with Crippen molar-refractivity contribution in [3.8, 4) is 0 Å². The maximum atomic E-state index is 10.5. The monoisotopic (exact) mass is 361 g/mol. The number of rotatable bonds is 3. The van der Waals surface area contributed by atoms with Crippen molar-refractivity contribution in [3.63, 3.8) is 0 Å². The van der Waals surface area contributed by atoms with Crippen molar-refractivity contribution in [1.29, 1.82) is 0 Å². The molecule has 3 aliphatic rings. The maximum absolute atomic E-state index is 10.5. The standard InChI is InChI=1S/C16H23N7O3/c17-13-10-14(20-7-19-13)23(8-21-10)15-12(25)11(24)9(26-15)3-22-5-16(6-22)1-2-18-4-16/h7-9,11-12,15,18,24-25H,1-6H2,(H2,17,19,20)/t9-,11-,12-,15-/m1/s1. The van der Waals surface area contributed by atoms with Crippen LogP contribution >= 0.6 is 0 Å². The Labute approximate surface area is 150 Å². The van der Waals surface area contributed by atoms with Gasteiger partial charge in [-0.2, -0.15) is 0 Å². The smallest absolute Gasteiger partial charge is 0.167 e. The van der Waals surface area contributed by atoms with Crippen molar-refractivity contribution in [2.24, 2.45) is 5.41 Å². The van der Waals surface area contributed by atoms with Gasteiger partial charge in [0.15, 0.2) is 17.7 Å². The Morgan fingerprint density at radius 2 is 2.12 bits per heavy atom. The summed E-state index contributed by atoms with van der Waals surface area (Å²) in [6.07, 6.45) is 0.829. The quantitative estimate of drug-likeness (QED) is 0.506. The highest BCUT2D eigenvalue weighted by molar-refractivity contribution is 5.81. The predicted octanol–water partition coefficient (Wildman–Crippen LogP) is -1.68. The molecule has 1 spiro atoms. The van der Waals surface area contributed by atoms with E-state index in [1.807, 2.05) is 0 Å². The first-order valence-corrected chi connectivity index (χ1v) is 8.94. The van der Waals surface area contributed by atoms with Gasteiger partial charge in [0.2, 0.25) is 0 Å². The van der Waals surface area contributed by atoms with Crippen molar-refractivity contribution in [3.05, 3.63) is 12.7 Å². The molecule has 2 aromatic heterocycles. The fourth-order valence-electron chi connectivity index (χ4n) is 4.52. The molecule has 10 nitrogen and oxygen atoms in total. The molecule has 0 unspecified atom stereocenters. The third kappa shape index (κ3) is 2.41.